The summed E-state index contributed by atoms with van der Waals surface area (Å²) in [4.78, 5) is 13.9. The molecule has 4 N–H and O–H groups in total. The van der Waals surface area contributed by atoms with Crippen molar-refractivity contribution in [3.63, 3.8) is 0 Å². The van der Waals surface area contributed by atoms with Crippen LogP contribution in [0.2, 0.25) is 0 Å². The van der Waals surface area contributed by atoms with Crippen LogP contribution in [0.5, 0.6) is 11.5 Å². The minimum atomic E-state index is -0.372. The Morgan fingerprint density at radius 3 is 2.50 bits per heavy atom. The summed E-state index contributed by atoms with van der Waals surface area (Å²) < 4.78 is 5.24. The first-order chi connectivity index (χ1) is 9.63. The van der Waals surface area contributed by atoms with Gasteiger partial charge in [0, 0.05) is 50.1 Å². The van der Waals surface area contributed by atoms with Gasteiger partial charge in [0.25, 0.3) is 0 Å². The second kappa shape index (κ2) is 6.97. The molecule has 1 aliphatic heterocycles. The molecule has 2 rings (SSSR count). The van der Waals surface area contributed by atoms with Crippen molar-refractivity contribution in [1.29, 1.82) is 0 Å². The van der Waals surface area contributed by atoms with E-state index >= 15 is 0 Å². The number of hydrogen-bond donors (Lipinski definition) is 4. The van der Waals surface area contributed by atoms with Crippen LogP contribution in [0.3, 0.4) is 0 Å². The van der Waals surface area contributed by atoms with Gasteiger partial charge in [-0.2, -0.15) is 0 Å². The molecule has 0 aromatic heterocycles. The highest BCUT2D eigenvalue weighted by atomic mass is 16.5. The molecule has 1 saturated heterocycles. The van der Waals surface area contributed by atoms with Crippen molar-refractivity contribution in [2.45, 2.75) is 0 Å². The molecular formula is C13H19N3O4. The average molecular weight is 281 g/mol. The fraction of sp³-hybridized carbons (Fsp3) is 0.462. The molecule has 0 atom stereocenters. The number of morpholine rings is 1. The average Bonchev–Trinajstić information content (AvgIpc) is 2.38. The number of carbonyl (C=O) groups excluding carboxylic acids is 1. The second-order valence-corrected chi connectivity index (χ2v) is 4.57. The van der Waals surface area contributed by atoms with E-state index in [2.05, 4.69) is 15.5 Å². The van der Waals surface area contributed by atoms with E-state index in [0.717, 1.165) is 32.8 Å². The number of benzene rings is 1. The number of anilines is 1. The third-order valence-electron chi connectivity index (χ3n) is 2.98. The van der Waals surface area contributed by atoms with Crippen LogP contribution >= 0.6 is 0 Å². The number of nitrogens with zero attached hydrogens (tertiary/aromatic N) is 1. The lowest BCUT2D eigenvalue weighted by molar-refractivity contribution is 0.0388. The van der Waals surface area contributed by atoms with Gasteiger partial charge in [-0.3, -0.25) is 4.90 Å². The van der Waals surface area contributed by atoms with Crippen molar-refractivity contribution in [1.82, 2.24) is 10.2 Å². The summed E-state index contributed by atoms with van der Waals surface area (Å²) in [5.41, 5.74) is 0.339. The summed E-state index contributed by atoms with van der Waals surface area (Å²) in [6.07, 6.45) is 0. The summed E-state index contributed by atoms with van der Waals surface area (Å²) >= 11 is 0. The van der Waals surface area contributed by atoms with Crippen LogP contribution in [0.15, 0.2) is 18.2 Å². The molecule has 1 heterocycles. The van der Waals surface area contributed by atoms with Gasteiger partial charge in [0.15, 0.2) is 0 Å². The Labute approximate surface area is 117 Å². The first-order valence-electron chi connectivity index (χ1n) is 6.51. The molecule has 110 valence electrons. The van der Waals surface area contributed by atoms with Crippen molar-refractivity contribution < 1.29 is 19.7 Å². The lowest BCUT2D eigenvalue weighted by atomic mass is 10.3. The number of urea groups is 1. The largest absolute Gasteiger partial charge is 0.508 e. The first kappa shape index (κ1) is 14.4. The lowest BCUT2D eigenvalue weighted by Gasteiger charge is -2.26. The zero-order valence-corrected chi connectivity index (χ0v) is 11.1. The van der Waals surface area contributed by atoms with Crippen LogP contribution in [-0.4, -0.2) is 60.5 Å². The van der Waals surface area contributed by atoms with Crippen LogP contribution in [-0.2, 0) is 4.74 Å². The SMILES string of the molecule is O=C(NCCN1CCOCC1)Nc1cc(O)cc(O)c1. The number of rotatable bonds is 4. The molecule has 7 heteroatoms. The number of hydrogen-bond acceptors (Lipinski definition) is 5. The molecule has 0 bridgehead atoms. The highest BCUT2D eigenvalue weighted by molar-refractivity contribution is 5.89. The molecule has 2 amide bonds. The van der Waals surface area contributed by atoms with E-state index in [1.165, 1.54) is 18.2 Å². The Bertz CT molecular complexity index is 441. The van der Waals surface area contributed by atoms with E-state index < -0.39 is 0 Å². The van der Waals surface area contributed by atoms with Gasteiger partial charge in [0.05, 0.1) is 13.2 Å². The number of ether oxygens (including phenoxy) is 1. The number of phenolic OH excluding ortho intramolecular Hbond substituents is 2. The van der Waals surface area contributed by atoms with Crippen LogP contribution in [0.1, 0.15) is 0 Å². The molecule has 1 aromatic carbocycles. The van der Waals surface area contributed by atoms with Crippen molar-refractivity contribution >= 4 is 11.7 Å². The summed E-state index contributed by atoms with van der Waals surface area (Å²) in [6.45, 7) is 4.51. The van der Waals surface area contributed by atoms with Gasteiger partial charge in [-0.15, -0.1) is 0 Å². The number of carbonyl (C=O) groups is 1. The molecule has 0 aliphatic carbocycles. The molecular weight excluding hydrogens is 262 g/mol. The summed E-state index contributed by atoms with van der Waals surface area (Å²) in [5, 5.41) is 23.9. The molecule has 0 unspecified atom stereocenters. The molecule has 20 heavy (non-hydrogen) atoms. The third kappa shape index (κ3) is 4.60. The Hall–Kier alpha value is -1.99. The van der Waals surface area contributed by atoms with Gasteiger partial charge in [-0.25, -0.2) is 4.79 Å². The van der Waals surface area contributed by atoms with Crippen molar-refractivity contribution in [3.05, 3.63) is 18.2 Å². The third-order valence-corrected chi connectivity index (χ3v) is 2.98. The molecule has 1 aliphatic rings. The highest BCUT2D eigenvalue weighted by Gasteiger charge is 2.10. The monoisotopic (exact) mass is 281 g/mol. The quantitative estimate of drug-likeness (QED) is 0.646. The Kier molecular flexibility index (Phi) is 5.03. The zero-order valence-electron chi connectivity index (χ0n) is 11.1. The maximum absolute atomic E-state index is 11.6. The number of aromatic hydroxyl groups is 2. The van der Waals surface area contributed by atoms with Crippen LogP contribution in [0, 0.1) is 0 Å². The van der Waals surface area contributed by atoms with Crippen molar-refractivity contribution in [2.75, 3.05) is 44.7 Å². The second-order valence-electron chi connectivity index (χ2n) is 4.57. The smallest absolute Gasteiger partial charge is 0.319 e. The van der Waals surface area contributed by atoms with Gasteiger partial charge in [0.1, 0.15) is 11.5 Å². The molecule has 1 aromatic rings. The normalized spacial score (nSPS) is 15.8. The minimum absolute atomic E-state index is 0.103. The molecule has 7 nitrogen and oxygen atoms in total. The predicted molar refractivity (Wildman–Crippen MR) is 74.1 cm³/mol. The van der Waals surface area contributed by atoms with Crippen LogP contribution in [0.25, 0.3) is 0 Å². The van der Waals surface area contributed by atoms with E-state index in [1.807, 2.05) is 0 Å². The standard InChI is InChI=1S/C13H19N3O4/c17-11-7-10(8-12(18)9-11)15-13(19)14-1-2-16-3-5-20-6-4-16/h7-9,17-18H,1-6H2,(H2,14,15,19). The first-order valence-corrected chi connectivity index (χ1v) is 6.51. The van der Waals surface area contributed by atoms with Crippen LogP contribution in [0.4, 0.5) is 10.5 Å². The summed E-state index contributed by atoms with van der Waals surface area (Å²) in [7, 11) is 0. The van der Waals surface area contributed by atoms with Crippen molar-refractivity contribution in [3.8, 4) is 11.5 Å². The molecule has 0 saturated carbocycles. The van der Waals surface area contributed by atoms with Gasteiger partial charge >= 0.3 is 6.03 Å². The number of phenols is 2. The maximum atomic E-state index is 11.6. The summed E-state index contributed by atoms with van der Waals surface area (Å²) in [6, 6.07) is 3.55. The molecule has 1 fully saturated rings. The zero-order chi connectivity index (χ0) is 14.4. The van der Waals surface area contributed by atoms with Gasteiger partial charge in [-0.1, -0.05) is 0 Å². The van der Waals surface area contributed by atoms with E-state index in [4.69, 9.17) is 4.74 Å². The minimum Gasteiger partial charge on any atom is -0.508 e. The lowest BCUT2D eigenvalue weighted by Crippen LogP contribution is -2.42. The van der Waals surface area contributed by atoms with E-state index in [-0.39, 0.29) is 17.5 Å². The Balaban J connectivity index is 1.72. The molecule has 0 spiro atoms. The number of amides is 2. The van der Waals surface area contributed by atoms with Gasteiger partial charge in [0.2, 0.25) is 0 Å². The van der Waals surface area contributed by atoms with Gasteiger partial charge < -0.3 is 25.6 Å². The fourth-order valence-corrected chi connectivity index (χ4v) is 1.99. The van der Waals surface area contributed by atoms with Crippen LogP contribution < -0.4 is 10.6 Å². The topological polar surface area (TPSA) is 94.1 Å². The fourth-order valence-electron chi connectivity index (χ4n) is 1.99. The number of nitrogens with one attached hydrogen (secondary N) is 2. The van der Waals surface area contributed by atoms with E-state index in [9.17, 15) is 15.0 Å². The highest BCUT2D eigenvalue weighted by Crippen LogP contribution is 2.23. The summed E-state index contributed by atoms with van der Waals surface area (Å²) in [5.74, 6) is -0.206. The van der Waals surface area contributed by atoms with Crippen molar-refractivity contribution in [2.24, 2.45) is 0 Å². The van der Waals surface area contributed by atoms with Gasteiger partial charge in [-0.05, 0) is 0 Å². The van der Waals surface area contributed by atoms with E-state index in [0.29, 0.717) is 12.2 Å². The maximum Gasteiger partial charge on any atom is 0.319 e. The van der Waals surface area contributed by atoms with E-state index in [1.54, 1.807) is 0 Å². The Morgan fingerprint density at radius 1 is 1.20 bits per heavy atom. The Morgan fingerprint density at radius 2 is 1.85 bits per heavy atom. The predicted octanol–water partition coefficient (Wildman–Crippen LogP) is 0.551. The molecule has 0 radical (unpaired) electrons.